The lowest BCUT2D eigenvalue weighted by Gasteiger charge is -2.22. The summed E-state index contributed by atoms with van der Waals surface area (Å²) < 4.78 is 11.0. The molecule has 1 aliphatic heterocycles. The zero-order valence-corrected chi connectivity index (χ0v) is 10.3. The van der Waals surface area contributed by atoms with Crippen molar-refractivity contribution >= 4 is 0 Å². The van der Waals surface area contributed by atoms with Crippen molar-refractivity contribution in [1.29, 1.82) is 0 Å². The quantitative estimate of drug-likeness (QED) is 0.542. The second-order valence-electron chi connectivity index (χ2n) is 4.48. The predicted octanol–water partition coefficient (Wildman–Crippen LogP) is 0.414. The summed E-state index contributed by atoms with van der Waals surface area (Å²) in [5.41, 5.74) is 0. The molecule has 5 heteroatoms. The molecule has 0 radical (unpaired) electrons. The molecule has 102 valence electrons. The summed E-state index contributed by atoms with van der Waals surface area (Å²) in [7, 11) is 0. The highest BCUT2D eigenvalue weighted by Crippen LogP contribution is 2.14. The van der Waals surface area contributed by atoms with Gasteiger partial charge in [-0.3, -0.25) is 0 Å². The van der Waals surface area contributed by atoms with Crippen molar-refractivity contribution < 1.29 is 24.8 Å². The van der Waals surface area contributed by atoms with Crippen molar-refractivity contribution in [2.45, 2.75) is 57.0 Å². The van der Waals surface area contributed by atoms with Crippen molar-refractivity contribution in [1.82, 2.24) is 0 Å². The Morgan fingerprint density at radius 1 is 1.18 bits per heavy atom. The Kier molecular flexibility index (Phi) is 7.72. The van der Waals surface area contributed by atoms with Crippen molar-refractivity contribution in [2.75, 3.05) is 19.8 Å². The van der Waals surface area contributed by atoms with Gasteiger partial charge in [-0.15, -0.1) is 0 Å². The molecule has 0 aliphatic carbocycles. The molecule has 5 nitrogen and oxygen atoms in total. The van der Waals surface area contributed by atoms with E-state index in [0.717, 1.165) is 38.7 Å². The molecule has 3 atom stereocenters. The molecule has 0 aromatic heterocycles. The van der Waals surface area contributed by atoms with E-state index in [9.17, 15) is 5.11 Å². The molecule has 1 aliphatic rings. The van der Waals surface area contributed by atoms with Crippen LogP contribution in [0.15, 0.2) is 0 Å². The van der Waals surface area contributed by atoms with E-state index in [1.807, 2.05) is 0 Å². The third kappa shape index (κ3) is 6.33. The normalized spacial score (nSPS) is 24.5. The molecule has 0 amide bonds. The first kappa shape index (κ1) is 14.9. The molecule has 1 saturated heterocycles. The molecule has 0 aromatic carbocycles. The molecular weight excluding hydrogens is 224 g/mol. The number of hydrogen-bond donors (Lipinski definition) is 3. The van der Waals surface area contributed by atoms with E-state index in [4.69, 9.17) is 19.7 Å². The van der Waals surface area contributed by atoms with Gasteiger partial charge in [0.05, 0.1) is 12.7 Å². The van der Waals surface area contributed by atoms with E-state index >= 15 is 0 Å². The van der Waals surface area contributed by atoms with E-state index in [1.54, 1.807) is 0 Å². The van der Waals surface area contributed by atoms with Gasteiger partial charge in [0.15, 0.2) is 6.29 Å². The van der Waals surface area contributed by atoms with E-state index < -0.39 is 18.8 Å². The molecule has 0 spiro atoms. The molecule has 1 rings (SSSR count). The van der Waals surface area contributed by atoms with Crippen molar-refractivity contribution in [3.05, 3.63) is 0 Å². The van der Waals surface area contributed by atoms with Crippen LogP contribution in [-0.2, 0) is 9.47 Å². The standard InChI is InChI=1S/C12H24O5/c13-9-11(15)10(14)5-1-3-7-16-12-6-2-4-8-17-12/h10-15H,1-9H2. The zero-order chi connectivity index (χ0) is 12.5. The van der Waals surface area contributed by atoms with Gasteiger partial charge in [0.1, 0.15) is 6.10 Å². The minimum Gasteiger partial charge on any atom is -0.394 e. The largest absolute Gasteiger partial charge is 0.394 e. The number of aliphatic hydroxyl groups is 3. The average Bonchev–Trinajstić information content (AvgIpc) is 2.38. The fraction of sp³-hybridized carbons (Fsp3) is 1.00. The van der Waals surface area contributed by atoms with Gasteiger partial charge in [-0.1, -0.05) is 0 Å². The van der Waals surface area contributed by atoms with Crippen LogP contribution < -0.4 is 0 Å². The summed E-state index contributed by atoms with van der Waals surface area (Å²) in [6.07, 6.45) is 3.39. The third-order valence-electron chi connectivity index (χ3n) is 2.97. The Morgan fingerprint density at radius 3 is 2.65 bits per heavy atom. The third-order valence-corrected chi connectivity index (χ3v) is 2.97. The number of hydrogen-bond acceptors (Lipinski definition) is 5. The fourth-order valence-electron chi connectivity index (χ4n) is 1.83. The number of unbranched alkanes of at least 4 members (excludes halogenated alkanes) is 1. The van der Waals surface area contributed by atoms with Crippen LogP contribution in [0.5, 0.6) is 0 Å². The summed E-state index contributed by atoms with van der Waals surface area (Å²) in [5, 5.41) is 27.2. The number of aliphatic hydroxyl groups excluding tert-OH is 3. The average molecular weight is 248 g/mol. The van der Waals surface area contributed by atoms with Crippen LogP contribution in [0, 0.1) is 0 Å². The summed E-state index contributed by atoms with van der Waals surface area (Å²) in [6.45, 7) is 1.01. The van der Waals surface area contributed by atoms with Crippen molar-refractivity contribution in [3.8, 4) is 0 Å². The highest BCUT2D eigenvalue weighted by molar-refractivity contribution is 4.65. The Bertz CT molecular complexity index is 178. The molecular formula is C12H24O5. The Hall–Kier alpha value is -0.200. The van der Waals surface area contributed by atoms with Gasteiger partial charge in [-0.25, -0.2) is 0 Å². The van der Waals surface area contributed by atoms with Crippen molar-refractivity contribution in [2.24, 2.45) is 0 Å². The van der Waals surface area contributed by atoms with E-state index in [1.165, 1.54) is 0 Å². The first-order chi connectivity index (χ1) is 8.24. The lowest BCUT2D eigenvalue weighted by molar-refractivity contribution is -0.163. The fourth-order valence-corrected chi connectivity index (χ4v) is 1.83. The Labute approximate surface area is 102 Å². The molecule has 1 heterocycles. The van der Waals surface area contributed by atoms with Gasteiger partial charge in [-0.2, -0.15) is 0 Å². The SMILES string of the molecule is OCC(O)C(O)CCCCOC1CCCCO1. The summed E-state index contributed by atoms with van der Waals surface area (Å²) in [4.78, 5) is 0. The van der Waals surface area contributed by atoms with Crippen LogP contribution in [0.1, 0.15) is 38.5 Å². The van der Waals surface area contributed by atoms with Crippen LogP contribution in [0.3, 0.4) is 0 Å². The molecule has 3 N–H and O–H groups in total. The molecule has 0 saturated carbocycles. The first-order valence-electron chi connectivity index (χ1n) is 6.44. The highest BCUT2D eigenvalue weighted by atomic mass is 16.7. The van der Waals surface area contributed by atoms with Gasteiger partial charge in [-0.05, 0) is 38.5 Å². The zero-order valence-electron chi connectivity index (χ0n) is 10.3. The maximum Gasteiger partial charge on any atom is 0.157 e. The van der Waals surface area contributed by atoms with Crippen LogP contribution in [-0.4, -0.2) is 53.6 Å². The smallest absolute Gasteiger partial charge is 0.157 e. The lowest BCUT2D eigenvalue weighted by atomic mass is 10.1. The first-order valence-corrected chi connectivity index (χ1v) is 6.44. The van der Waals surface area contributed by atoms with Gasteiger partial charge < -0.3 is 24.8 Å². The monoisotopic (exact) mass is 248 g/mol. The molecule has 1 fully saturated rings. The van der Waals surface area contributed by atoms with Crippen LogP contribution >= 0.6 is 0 Å². The van der Waals surface area contributed by atoms with E-state index in [2.05, 4.69) is 0 Å². The minimum atomic E-state index is -1.03. The lowest BCUT2D eigenvalue weighted by Crippen LogP contribution is -2.29. The Balaban J connectivity index is 1.93. The van der Waals surface area contributed by atoms with E-state index in [0.29, 0.717) is 13.0 Å². The highest BCUT2D eigenvalue weighted by Gasteiger charge is 2.15. The van der Waals surface area contributed by atoms with E-state index in [-0.39, 0.29) is 6.29 Å². The Morgan fingerprint density at radius 2 is 2.00 bits per heavy atom. The van der Waals surface area contributed by atoms with Crippen LogP contribution in [0.25, 0.3) is 0 Å². The minimum absolute atomic E-state index is 0.0586. The maximum atomic E-state index is 9.39. The molecule has 17 heavy (non-hydrogen) atoms. The molecule has 3 unspecified atom stereocenters. The van der Waals surface area contributed by atoms with Gasteiger partial charge in [0.25, 0.3) is 0 Å². The molecule has 0 bridgehead atoms. The van der Waals surface area contributed by atoms with Gasteiger partial charge in [0, 0.05) is 13.2 Å². The van der Waals surface area contributed by atoms with Crippen molar-refractivity contribution in [3.63, 3.8) is 0 Å². The van der Waals surface area contributed by atoms with Gasteiger partial charge in [0.2, 0.25) is 0 Å². The topological polar surface area (TPSA) is 79.2 Å². The predicted molar refractivity (Wildman–Crippen MR) is 62.5 cm³/mol. The number of rotatable bonds is 8. The van der Waals surface area contributed by atoms with Crippen LogP contribution in [0.2, 0.25) is 0 Å². The summed E-state index contributed by atoms with van der Waals surface area (Å²) in [5.74, 6) is 0. The second kappa shape index (κ2) is 8.83. The van der Waals surface area contributed by atoms with Crippen LogP contribution in [0.4, 0.5) is 0 Å². The second-order valence-corrected chi connectivity index (χ2v) is 4.48. The van der Waals surface area contributed by atoms with Gasteiger partial charge >= 0.3 is 0 Å². The summed E-state index contributed by atoms with van der Waals surface area (Å²) in [6, 6.07) is 0. The maximum absolute atomic E-state index is 9.39. The summed E-state index contributed by atoms with van der Waals surface area (Å²) >= 11 is 0. The molecule has 0 aromatic rings. The number of ether oxygens (including phenoxy) is 2.